The Hall–Kier alpha value is -3.98. The molecule has 3 nitrogen and oxygen atoms in total. The van der Waals surface area contributed by atoms with Crippen molar-refractivity contribution < 1.29 is 24.7 Å². The molecule has 4 heteroatoms. The van der Waals surface area contributed by atoms with Crippen molar-refractivity contribution >= 4 is 10.9 Å². The summed E-state index contributed by atoms with van der Waals surface area (Å²) in [5.41, 5.74) is 12.2. The van der Waals surface area contributed by atoms with Crippen molar-refractivity contribution in [2.24, 2.45) is 0 Å². The predicted molar refractivity (Wildman–Crippen MR) is 156 cm³/mol. The zero-order chi connectivity index (χ0) is 26.6. The van der Waals surface area contributed by atoms with Crippen LogP contribution in [0.25, 0.3) is 44.5 Å². The van der Waals surface area contributed by atoms with E-state index in [1.165, 1.54) is 38.7 Å². The largest absolute Gasteiger partial charge is 0.304 e. The second-order valence-corrected chi connectivity index (χ2v) is 11.1. The Morgan fingerprint density at radius 3 is 2.40 bits per heavy atom. The molecule has 0 amide bonds. The quantitative estimate of drug-likeness (QED) is 0.130. The van der Waals surface area contributed by atoms with Gasteiger partial charge in [-0.3, -0.25) is 0 Å². The molecule has 4 heterocycles. The SMILES string of the molecule is CC(C)(C)c1ccc(-c2[c-]cccc2)nc1.[Ir].[c-]1ccc2ccc[n+]3c2c1-c1nccc2c1C3c1ccccc1-2. The van der Waals surface area contributed by atoms with E-state index in [1.54, 1.807) is 0 Å². The summed E-state index contributed by atoms with van der Waals surface area (Å²) in [4.78, 5) is 9.22. The molecule has 1 aliphatic carbocycles. The molecule has 8 rings (SSSR count). The molecule has 1 aliphatic heterocycles. The van der Waals surface area contributed by atoms with Gasteiger partial charge < -0.3 is 9.97 Å². The molecule has 197 valence electrons. The summed E-state index contributed by atoms with van der Waals surface area (Å²) in [7, 11) is 0. The third-order valence-electron chi connectivity index (χ3n) is 7.72. The molecular formula is C36H28IrN3-. The van der Waals surface area contributed by atoms with Crippen molar-refractivity contribution in [1.82, 2.24) is 9.97 Å². The van der Waals surface area contributed by atoms with Gasteiger partial charge in [-0.15, -0.1) is 54.1 Å². The molecule has 0 saturated heterocycles. The van der Waals surface area contributed by atoms with Gasteiger partial charge in [0.15, 0.2) is 12.2 Å². The smallest absolute Gasteiger partial charge is 0.195 e. The fourth-order valence-corrected chi connectivity index (χ4v) is 5.79. The molecule has 3 aromatic heterocycles. The van der Waals surface area contributed by atoms with Crippen LogP contribution >= 0.6 is 0 Å². The minimum atomic E-state index is 0. The summed E-state index contributed by atoms with van der Waals surface area (Å²) >= 11 is 0. The summed E-state index contributed by atoms with van der Waals surface area (Å²) in [6.07, 6.45) is 6.07. The maximum Gasteiger partial charge on any atom is 0.195 e. The van der Waals surface area contributed by atoms with Crippen molar-refractivity contribution in [3.05, 3.63) is 138 Å². The van der Waals surface area contributed by atoms with E-state index < -0.39 is 0 Å². The third-order valence-corrected chi connectivity index (χ3v) is 7.72. The fourth-order valence-electron chi connectivity index (χ4n) is 5.79. The summed E-state index contributed by atoms with van der Waals surface area (Å²) in [5.74, 6) is 0. The zero-order valence-corrected chi connectivity index (χ0v) is 25.0. The molecule has 1 atom stereocenters. The molecule has 0 spiro atoms. The van der Waals surface area contributed by atoms with E-state index in [1.807, 2.05) is 42.7 Å². The van der Waals surface area contributed by atoms with Crippen LogP contribution in [0.3, 0.4) is 0 Å². The molecule has 3 aromatic carbocycles. The normalized spacial score (nSPS) is 13.9. The Morgan fingerprint density at radius 2 is 1.62 bits per heavy atom. The van der Waals surface area contributed by atoms with Gasteiger partial charge in [0.05, 0.1) is 0 Å². The molecule has 0 bridgehead atoms. The molecule has 0 fully saturated rings. The van der Waals surface area contributed by atoms with Gasteiger partial charge in [-0.05, 0) is 39.3 Å². The van der Waals surface area contributed by atoms with Gasteiger partial charge in [-0.2, -0.15) is 0 Å². The van der Waals surface area contributed by atoms with Crippen molar-refractivity contribution in [2.75, 3.05) is 0 Å². The van der Waals surface area contributed by atoms with E-state index in [9.17, 15) is 0 Å². The first-order valence-electron chi connectivity index (χ1n) is 13.4. The van der Waals surface area contributed by atoms with Gasteiger partial charge >= 0.3 is 0 Å². The van der Waals surface area contributed by atoms with Gasteiger partial charge in [-0.25, -0.2) is 4.57 Å². The minimum absolute atomic E-state index is 0. The monoisotopic (exact) mass is 695 g/mol. The van der Waals surface area contributed by atoms with Crippen LogP contribution in [0, 0.1) is 12.1 Å². The summed E-state index contributed by atoms with van der Waals surface area (Å²) < 4.78 is 2.39. The fraction of sp³-hybridized carbons (Fsp3) is 0.139. The van der Waals surface area contributed by atoms with Crippen molar-refractivity contribution in [3.63, 3.8) is 0 Å². The van der Waals surface area contributed by atoms with E-state index in [-0.39, 0.29) is 31.6 Å². The van der Waals surface area contributed by atoms with Crippen LogP contribution in [-0.4, -0.2) is 9.97 Å². The molecule has 1 unspecified atom stereocenters. The number of fused-ring (bicyclic) bond motifs is 5. The van der Waals surface area contributed by atoms with Crippen molar-refractivity contribution in [1.29, 1.82) is 0 Å². The molecule has 0 saturated carbocycles. The maximum absolute atomic E-state index is 4.73. The van der Waals surface area contributed by atoms with Gasteiger partial charge in [-0.1, -0.05) is 68.8 Å². The van der Waals surface area contributed by atoms with Crippen LogP contribution in [0.4, 0.5) is 0 Å². The Bertz CT molecular complexity index is 1830. The van der Waals surface area contributed by atoms with Crippen LogP contribution in [0.15, 0.2) is 110 Å². The zero-order valence-electron chi connectivity index (χ0n) is 22.6. The molecular weight excluding hydrogens is 667 g/mol. The number of benzene rings is 3. The average molecular weight is 695 g/mol. The number of hydrogen-bond donors (Lipinski definition) is 0. The summed E-state index contributed by atoms with van der Waals surface area (Å²) in [6, 6.07) is 38.2. The van der Waals surface area contributed by atoms with E-state index in [2.05, 4.69) is 109 Å². The second kappa shape index (κ2) is 10.2. The first-order chi connectivity index (χ1) is 19.0. The Labute approximate surface area is 249 Å². The van der Waals surface area contributed by atoms with E-state index in [0.29, 0.717) is 0 Å². The second-order valence-electron chi connectivity index (χ2n) is 11.1. The summed E-state index contributed by atoms with van der Waals surface area (Å²) in [6.45, 7) is 6.58. The maximum atomic E-state index is 4.73. The first-order valence-corrected chi connectivity index (χ1v) is 13.4. The van der Waals surface area contributed by atoms with Gasteiger partial charge in [0, 0.05) is 55.4 Å². The van der Waals surface area contributed by atoms with E-state index >= 15 is 0 Å². The average Bonchev–Trinajstić information content (AvgIpc) is 3.32. The van der Waals surface area contributed by atoms with Crippen LogP contribution in [-0.2, 0) is 25.5 Å². The van der Waals surface area contributed by atoms with Gasteiger partial charge in [0.1, 0.15) is 5.52 Å². The number of pyridine rings is 3. The Kier molecular flexibility index (Phi) is 6.70. The Balaban J connectivity index is 0.000000151. The van der Waals surface area contributed by atoms with Crippen LogP contribution < -0.4 is 4.57 Å². The number of rotatable bonds is 1. The Morgan fingerprint density at radius 1 is 0.775 bits per heavy atom. The number of nitrogens with zero attached hydrogens (tertiary/aromatic N) is 3. The summed E-state index contributed by atoms with van der Waals surface area (Å²) in [5, 5.41) is 1.24. The molecule has 2 aliphatic rings. The minimum Gasteiger partial charge on any atom is -0.304 e. The van der Waals surface area contributed by atoms with Crippen LogP contribution in [0.1, 0.15) is 43.5 Å². The third kappa shape index (κ3) is 4.29. The molecule has 6 aromatic rings. The van der Waals surface area contributed by atoms with E-state index in [0.717, 1.165) is 22.5 Å². The molecule has 1 radical (unpaired) electrons. The first kappa shape index (κ1) is 26.3. The molecule has 40 heavy (non-hydrogen) atoms. The topological polar surface area (TPSA) is 29.7 Å². The predicted octanol–water partition coefficient (Wildman–Crippen LogP) is 7.76. The van der Waals surface area contributed by atoms with Gasteiger partial charge in [0.2, 0.25) is 0 Å². The number of aromatic nitrogens is 3. The van der Waals surface area contributed by atoms with Crippen LogP contribution in [0.2, 0.25) is 0 Å². The van der Waals surface area contributed by atoms with E-state index in [4.69, 9.17) is 4.98 Å². The van der Waals surface area contributed by atoms with Crippen molar-refractivity contribution in [2.45, 2.75) is 32.2 Å². The standard InChI is InChI=1S/C21H12N2.C15H16N.Ir/c1-2-8-16-14(7-1)15-10-11-22-19-17-9-3-5-13-6-4-12-23(20(13)17)21(16)18(15)19;1-15(2,3)13-9-10-14(16-11-13)12-7-5-4-6-8-12;/h1-8,10-12,21H;4-7,9-11H,1-3H3;/q;-1;. The van der Waals surface area contributed by atoms with Gasteiger partial charge in [0.25, 0.3) is 0 Å². The number of hydrogen-bond acceptors (Lipinski definition) is 2. The van der Waals surface area contributed by atoms with Crippen molar-refractivity contribution in [3.8, 4) is 33.6 Å². The van der Waals surface area contributed by atoms with Crippen LogP contribution in [0.5, 0.6) is 0 Å². The molecule has 0 N–H and O–H groups in total.